The van der Waals surface area contributed by atoms with Gasteiger partial charge in [0, 0.05) is 0 Å². The van der Waals surface area contributed by atoms with Crippen LogP contribution in [0.25, 0.3) is 0 Å². The number of para-hydroxylation sites is 1. The molecule has 7 heteroatoms. The lowest BCUT2D eigenvalue weighted by molar-refractivity contribution is 0.0600. The number of carbonyl (C=O) groups excluding carboxylic acids is 2. The lowest BCUT2D eigenvalue weighted by Crippen LogP contribution is -2.14. The van der Waals surface area contributed by atoms with Crippen molar-refractivity contribution in [1.29, 1.82) is 0 Å². The van der Waals surface area contributed by atoms with Crippen molar-refractivity contribution in [3.8, 4) is 11.5 Å². The van der Waals surface area contributed by atoms with Crippen molar-refractivity contribution in [2.24, 2.45) is 0 Å². The van der Waals surface area contributed by atoms with E-state index in [0.717, 1.165) is 0 Å². The number of nitrogens with one attached hydrogen (secondary N) is 1. The van der Waals surface area contributed by atoms with Crippen molar-refractivity contribution in [3.63, 3.8) is 0 Å². The molecule has 0 atom stereocenters. The second kappa shape index (κ2) is 7.70. The quantitative estimate of drug-likeness (QED) is 0.837. The molecule has 0 aliphatic rings. The molecule has 0 spiro atoms. The molecular weight excluding hydrogens is 334 g/mol. The van der Waals surface area contributed by atoms with Gasteiger partial charge in [-0.1, -0.05) is 17.7 Å². The first-order valence-corrected chi connectivity index (χ1v) is 7.29. The van der Waals surface area contributed by atoms with Crippen molar-refractivity contribution in [3.05, 3.63) is 52.5 Å². The van der Waals surface area contributed by atoms with Crippen LogP contribution in [-0.4, -0.2) is 33.2 Å². The third-order valence-electron chi connectivity index (χ3n) is 3.28. The van der Waals surface area contributed by atoms with Crippen LogP contribution in [0.5, 0.6) is 11.5 Å². The first-order valence-electron chi connectivity index (χ1n) is 6.92. The highest BCUT2D eigenvalue weighted by Gasteiger charge is 2.18. The highest BCUT2D eigenvalue weighted by atomic mass is 35.5. The first-order chi connectivity index (χ1) is 11.5. The standard InChI is InChI=1S/C17H16ClNO5/c1-22-14-6-4-5-11(15(14)23-2)16(20)19-13-9-10(17(21)24-3)7-8-12(13)18/h4-9H,1-3H3,(H,19,20). The van der Waals surface area contributed by atoms with Crippen LogP contribution < -0.4 is 14.8 Å². The van der Waals surface area contributed by atoms with E-state index in [-0.39, 0.29) is 21.8 Å². The van der Waals surface area contributed by atoms with Gasteiger partial charge in [-0.3, -0.25) is 4.79 Å². The molecule has 1 N–H and O–H groups in total. The van der Waals surface area contributed by atoms with Gasteiger partial charge >= 0.3 is 5.97 Å². The smallest absolute Gasteiger partial charge is 0.337 e. The molecule has 0 aliphatic carbocycles. The van der Waals surface area contributed by atoms with Crippen LogP contribution in [0, 0.1) is 0 Å². The summed E-state index contributed by atoms with van der Waals surface area (Å²) in [5.41, 5.74) is 0.834. The maximum atomic E-state index is 12.5. The predicted molar refractivity (Wildman–Crippen MR) is 90.3 cm³/mol. The summed E-state index contributed by atoms with van der Waals surface area (Å²) in [6, 6.07) is 9.40. The zero-order chi connectivity index (χ0) is 17.7. The Morgan fingerprint density at radius 1 is 1.04 bits per heavy atom. The summed E-state index contributed by atoms with van der Waals surface area (Å²) in [6.07, 6.45) is 0. The molecule has 0 unspecified atom stereocenters. The Balaban J connectivity index is 2.35. The number of anilines is 1. The van der Waals surface area contributed by atoms with E-state index in [4.69, 9.17) is 21.1 Å². The van der Waals surface area contributed by atoms with Gasteiger partial charge in [0.2, 0.25) is 0 Å². The van der Waals surface area contributed by atoms with Crippen molar-refractivity contribution in [2.75, 3.05) is 26.6 Å². The average Bonchev–Trinajstić information content (AvgIpc) is 2.61. The van der Waals surface area contributed by atoms with Gasteiger partial charge in [-0.15, -0.1) is 0 Å². The predicted octanol–water partition coefficient (Wildman–Crippen LogP) is 3.40. The van der Waals surface area contributed by atoms with Crippen LogP contribution in [0.15, 0.2) is 36.4 Å². The third kappa shape index (κ3) is 3.60. The molecule has 0 fully saturated rings. The van der Waals surface area contributed by atoms with E-state index in [9.17, 15) is 9.59 Å². The molecule has 6 nitrogen and oxygen atoms in total. The average molecular weight is 350 g/mol. The molecule has 1 amide bonds. The Morgan fingerprint density at radius 2 is 1.79 bits per heavy atom. The summed E-state index contributed by atoms with van der Waals surface area (Å²) in [5, 5.41) is 2.95. The van der Waals surface area contributed by atoms with Gasteiger partial charge in [0.25, 0.3) is 5.91 Å². The number of amides is 1. The van der Waals surface area contributed by atoms with Gasteiger partial charge < -0.3 is 19.5 Å². The Morgan fingerprint density at radius 3 is 2.42 bits per heavy atom. The number of carbonyl (C=O) groups is 2. The molecule has 24 heavy (non-hydrogen) atoms. The number of halogens is 1. The summed E-state index contributed by atoms with van der Waals surface area (Å²) >= 11 is 6.09. The highest BCUT2D eigenvalue weighted by molar-refractivity contribution is 6.34. The van der Waals surface area contributed by atoms with Gasteiger partial charge in [0.1, 0.15) is 0 Å². The maximum absolute atomic E-state index is 12.5. The van der Waals surface area contributed by atoms with Crippen LogP contribution in [-0.2, 0) is 4.74 Å². The monoisotopic (exact) mass is 349 g/mol. The van der Waals surface area contributed by atoms with Crippen LogP contribution in [0.4, 0.5) is 5.69 Å². The summed E-state index contributed by atoms with van der Waals surface area (Å²) in [6.45, 7) is 0. The van der Waals surface area contributed by atoms with Crippen molar-refractivity contribution in [1.82, 2.24) is 0 Å². The minimum Gasteiger partial charge on any atom is -0.493 e. The van der Waals surface area contributed by atoms with E-state index in [1.807, 2.05) is 0 Å². The number of benzene rings is 2. The topological polar surface area (TPSA) is 73.9 Å². The number of ether oxygens (including phenoxy) is 3. The lowest BCUT2D eigenvalue weighted by Gasteiger charge is -2.13. The van der Waals surface area contributed by atoms with Gasteiger partial charge in [-0.05, 0) is 30.3 Å². The van der Waals surface area contributed by atoms with E-state index < -0.39 is 11.9 Å². The normalized spacial score (nSPS) is 10.0. The number of rotatable bonds is 5. The highest BCUT2D eigenvalue weighted by Crippen LogP contribution is 2.32. The van der Waals surface area contributed by atoms with Crippen LogP contribution in [0.3, 0.4) is 0 Å². The Bertz CT molecular complexity index is 776. The lowest BCUT2D eigenvalue weighted by atomic mass is 10.1. The SMILES string of the molecule is COC(=O)c1ccc(Cl)c(NC(=O)c2cccc(OC)c2OC)c1. The molecule has 0 aromatic heterocycles. The fourth-order valence-electron chi connectivity index (χ4n) is 2.12. The maximum Gasteiger partial charge on any atom is 0.337 e. The van der Waals surface area contributed by atoms with Crippen molar-refractivity contribution >= 4 is 29.2 Å². The number of esters is 1. The van der Waals surface area contributed by atoms with Gasteiger partial charge in [0.05, 0.1) is 43.2 Å². The zero-order valence-corrected chi connectivity index (χ0v) is 14.1. The molecule has 0 saturated carbocycles. The van der Waals surface area contributed by atoms with Gasteiger partial charge in [-0.2, -0.15) is 0 Å². The van der Waals surface area contributed by atoms with Crippen molar-refractivity contribution < 1.29 is 23.8 Å². The van der Waals surface area contributed by atoms with E-state index in [2.05, 4.69) is 10.1 Å². The van der Waals surface area contributed by atoms with E-state index in [1.165, 1.54) is 39.5 Å². The van der Waals surface area contributed by atoms with Crippen LogP contribution in [0.1, 0.15) is 20.7 Å². The molecule has 0 heterocycles. The minimum absolute atomic E-state index is 0.273. The molecule has 2 aromatic rings. The van der Waals surface area contributed by atoms with Gasteiger partial charge in [0.15, 0.2) is 11.5 Å². The number of methoxy groups -OCH3 is 3. The van der Waals surface area contributed by atoms with E-state index >= 15 is 0 Å². The molecule has 0 radical (unpaired) electrons. The van der Waals surface area contributed by atoms with E-state index in [0.29, 0.717) is 11.5 Å². The first kappa shape index (κ1) is 17.6. The zero-order valence-electron chi connectivity index (χ0n) is 13.4. The Kier molecular flexibility index (Phi) is 5.65. The summed E-state index contributed by atoms with van der Waals surface area (Å²) < 4.78 is 15.1. The fourth-order valence-corrected chi connectivity index (χ4v) is 2.29. The fraction of sp³-hybridized carbons (Fsp3) is 0.176. The van der Waals surface area contributed by atoms with Gasteiger partial charge in [-0.25, -0.2) is 4.79 Å². The molecule has 0 saturated heterocycles. The number of hydrogen-bond acceptors (Lipinski definition) is 5. The largest absolute Gasteiger partial charge is 0.493 e. The van der Waals surface area contributed by atoms with Crippen molar-refractivity contribution in [2.45, 2.75) is 0 Å². The summed E-state index contributed by atoms with van der Waals surface area (Å²) in [7, 11) is 4.20. The van der Waals surface area contributed by atoms with Crippen LogP contribution >= 0.6 is 11.6 Å². The van der Waals surface area contributed by atoms with E-state index in [1.54, 1.807) is 18.2 Å². The minimum atomic E-state index is -0.527. The molecule has 2 rings (SSSR count). The third-order valence-corrected chi connectivity index (χ3v) is 3.61. The molecular formula is C17H16ClNO5. The molecule has 0 aliphatic heterocycles. The molecule has 0 bridgehead atoms. The molecule has 2 aromatic carbocycles. The molecule has 126 valence electrons. The summed E-state index contributed by atoms with van der Waals surface area (Å²) in [5.74, 6) is -0.243. The number of hydrogen-bond donors (Lipinski definition) is 1. The second-order valence-electron chi connectivity index (χ2n) is 4.68. The van der Waals surface area contributed by atoms with Crippen LogP contribution in [0.2, 0.25) is 5.02 Å². The Labute approximate surface area is 144 Å². The Hall–Kier alpha value is -2.73. The second-order valence-corrected chi connectivity index (χ2v) is 5.09. The summed E-state index contributed by atoms with van der Waals surface area (Å²) in [4.78, 5) is 24.1.